The third kappa shape index (κ3) is 5.59. The predicted molar refractivity (Wildman–Crippen MR) is 126 cm³/mol. The van der Waals surface area contributed by atoms with Crippen molar-refractivity contribution in [2.75, 3.05) is 38.0 Å². The van der Waals surface area contributed by atoms with Crippen LogP contribution in [0.1, 0.15) is 23.1 Å². The van der Waals surface area contributed by atoms with Gasteiger partial charge in [0, 0.05) is 30.3 Å². The lowest BCUT2D eigenvalue weighted by Gasteiger charge is -2.23. The van der Waals surface area contributed by atoms with Crippen molar-refractivity contribution in [1.29, 1.82) is 0 Å². The van der Waals surface area contributed by atoms with Gasteiger partial charge in [-0.15, -0.1) is 0 Å². The monoisotopic (exact) mass is 483 g/mol. The van der Waals surface area contributed by atoms with Gasteiger partial charge < -0.3 is 5.32 Å². The molecule has 6 nitrogen and oxygen atoms in total. The maximum Gasteiger partial charge on any atom is 0.244 e. The van der Waals surface area contributed by atoms with Gasteiger partial charge in [0.05, 0.1) is 11.6 Å². The summed E-state index contributed by atoms with van der Waals surface area (Å²) in [6, 6.07) is 8.93. The van der Waals surface area contributed by atoms with E-state index in [2.05, 4.69) is 5.32 Å². The van der Waals surface area contributed by atoms with E-state index in [1.165, 1.54) is 10.4 Å². The number of nitrogens with zero attached hydrogens (tertiary/aromatic N) is 2. The van der Waals surface area contributed by atoms with Crippen LogP contribution in [-0.2, 0) is 14.8 Å². The summed E-state index contributed by atoms with van der Waals surface area (Å²) in [5.41, 5.74) is 3.37. The Bertz CT molecular complexity index is 1050. The second-order valence-corrected chi connectivity index (χ2v) is 10.6. The molecule has 0 spiro atoms. The molecule has 2 aromatic rings. The SMILES string of the molecule is Cc1cccc(C)c1NC(=O)CN1CCCN(S(=O)(=O)c2c(C)cc(Cl)cc2Cl)CC1. The molecule has 0 saturated carbocycles. The van der Waals surface area contributed by atoms with Crippen LogP contribution in [0.25, 0.3) is 0 Å². The van der Waals surface area contributed by atoms with Gasteiger partial charge in [0.1, 0.15) is 4.90 Å². The molecule has 0 atom stereocenters. The number of para-hydroxylation sites is 1. The molecule has 0 aromatic heterocycles. The van der Waals surface area contributed by atoms with E-state index < -0.39 is 10.0 Å². The number of aryl methyl sites for hydroxylation is 3. The lowest BCUT2D eigenvalue weighted by atomic mass is 10.1. The highest BCUT2D eigenvalue weighted by molar-refractivity contribution is 7.89. The number of benzene rings is 2. The van der Waals surface area contributed by atoms with E-state index in [1.54, 1.807) is 13.0 Å². The van der Waals surface area contributed by atoms with Gasteiger partial charge in [-0.05, 0) is 62.6 Å². The zero-order chi connectivity index (χ0) is 22.8. The summed E-state index contributed by atoms with van der Waals surface area (Å²) < 4.78 is 27.9. The Hall–Kier alpha value is -1.64. The summed E-state index contributed by atoms with van der Waals surface area (Å²) in [6.45, 7) is 7.58. The summed E-state index contributed by atoms with van der Waals surface area (Å²) in [5.74, 6) is -0.106. The lowest BCUT2D eigenvalue weighted by Crippen LogP contribution is -2.38. The highest BCUT2D eigenvalue weighted by atomic mass is 35.5. The Labute approximate surface area is 194 Å². The molecule has 0 unspecified atom stereocenters. The van der Waals surface area contributed by atoms with E-state index in [9.17, 15) is 13.2 Å². The third-order valence-electron chi connectivity index (χ3n) is 5.45. The number of rotatable bonds is 5. The molecule has 1 aliphatic rings. The normalized spacial score (nSPS) is 16.2. The van der Waals surface area contributed by atoms with Gasteiger partial charge in [-0.2, -0.15) is 4.31 Å². The average Bonchev–Trinajstić information content (AvgIpc) is 2.90. The van der Waals surface area contributed by atoms with Gasteiger partial charge >= 0.3 is 0 Å². The molecule has 0 aliphatic carbocycles. The minimum atomic E-state index is -3.76. The molecule has 1 saturated heterocycles. The van der Waals surface area contributed by atoms with Crippen molar-refractivity contribution in [2.24, 2.45) is 0 Å². The largest absolute Gasteiger partial charge is 0.324 e. The van der Waals surface area contributed by atoms with Crippen molar-refractivity contribution in [2.45, 2.75) is 32.1 Å². The molecular formula is C22H27Cl2N3O3S. The van der Waals surface area contributed by atoms with Gasteiger partial charge in [0.15, 0.2) is 0 Å². The number of carbonyl (C=O) groups excluding carboxylic acids is 1. The van der Waals surface area contributed by atoms with Crippen LogP contribution in [0, 0.1) is 20.8 Å². The van der Waals surface area contributed by atoms with E-state index in [1.807, 2.05) is 36.9 Å². The lowest BCUT2D eigenvalue weighted by molar-refractivity contribution is -0.117. The number of sulfonamides is 1. The molecule has 1 N–H and O–H groups in total. The summed E-state index contributed by atoms with van der Waals surface area (Å²) in [7, 11) is -3.76. The molecule has 2 aromatic carbocycles. The fraction of sp³-hybridized carbons (Fsp3) is 0.409. The van der Waals surface area contributed by atoms with Crippen LogP contribution in [0.15, 0.2) is 35.2 Å². The van der Waals surface area contributed by atoms with E-state index in [4.69, 9.17) is 23.2 Å². The van der Waals surface area contributed by atoms with Gasteiger partial charge in [0.25, 0.3) is 0 Å². The highest BCUT2D eigenvalue weighted by Crippen LogP contribution is 2.31. The number of carbonyl (C=O) groups is 1. The number of nitrogens with one attached hydrogen (secondary N) is 1. The Morgan fingerprint density at radius 2 is 1.68 bits per heavy atom. The minimum absolute atomic E-state index is 0.0970. The highest BCUT2D eigenvalue weighted by Gasteiger charge is 2.30. The predicted octanol–water partition coefficient (Wildman–Crippen LogP) is 4.25. The fourth-order valence-electron chi connectivity index (χ4n) is 3.88. The minimum Gasteiger partial charge on any atom is -0.324 e. The number of amides is 1. The van der Waals surface area contributed by atoms with Crippen LogP contribution >= 0.6 is 23.2 Å². The Morgan fingerprint density at radius 1 is 1.00 bits per heavy atom. The summed E-state index contributed by atoms with van der Waals surface area (Å²) in [6.07, 6.45) is 0.625. The van der Waals surface area contributed by atoms with Crippen LogP contribution in [-0.4, -0.2) is 56.3 Å². The van der Waals surface area contributed by atoms with E-state index in [0.717, 1.165) is 16.8 Å². The smallest absolute Gasteiger partial charge is 0.244 e. The summed E-state index contributed by atoms with van der Waals surface area (Å²) in [4.78, 5) is 14.7. The molecule has 9 heteroatoms. The molecule has 0 radical (unpaired) electrons. The van der Waals surface area contributed by atoms with Crippen molar-refractivity contribution < 1.29 is 13.2 Å². The first-order valence-corrected chi connectivity index (χ1v) is 12.3. The molecule has 31 heavy (non-hydrogen) atoms. The molecule has 1 fully saturated rings. The van der Waals surface area contributed by atoms with Crippen LogP contribution in [0.2, 0.25) is 10.0 Å². The van der Waals surface area contributed by atoms with Crippen LogP contribution in [0.3, 0.4) is 0 Å². The van der Waals surface area contributed by atoms with Gasteiger partial charge in [-0.3, -0.25) is 9.69 Å². The number of halogens is 2. The number of anilines is 1. The molecule has 3 rings (SSSR count). The average molecular weight is 484 g/mol. The number of hydrogen-bond acceptors (Lipinski definition) is 4. The van der Waals surface area contributed by atoms with Crippen LogP contribution in [0.4, 0.5) is 5.69 Å². The molecule has 1 aliphatic heterocycles. The van der Waals surface area contributed by atoms with Crippen molar-refractivity contribution in [1.82, 2.24) is 9.21 Å². The van der Waals surface area contributed by atoms with E-state index in [0.29, 0.717) is 36.6 Å². The van der Waals surface area contributed by atoms with E-state index >= 15 is 0 Å². The topological polar surface area (TPSA) is 69.7 Å². The zero-order valence-electron chi connectivity index (χ0n) is 17.9. The Kier molecular flexibility index (Phi) is 7.65. The van der Waals surface area contributed by atoms with Gasteiger partial charge in [-0.1, -0.05) is 41.4 Å². The standard InChI is InChI=1S/C22H27Cl2N3O3S/c1-15-6-4-7-16(2)21(15)25-20(28)14-26-8-5-9-27(11-10-26)31(29,30)22-17(3)12-18(23)13-19(22)24/h4,6-7,12-13H,5,8-11,14H2,1-3H3,(H,25,28). The van der Waals surface area contributed by atoms with Crippen molar-refractivity contribution in [3.8, 4) is 0 Å². The van der Waals surface area contributed by atoms with Crippen molar-refractivity contribution >= 4 is 44.8 Å². The molecular weight excluding hydrogens is 457 g/mol. The summed E-state index contributed by atoms with van der Waals surface area (Å²) >= 11 is 12.2. The first-order chi connectivity index (χ1) is 14.6. The van der Waals surface area contributed by atoms with Crippen molar-refractivity contribution in [3.05, 3.63) is 57.1 Å². The van der Waals surface area contributed by atoms with Gasteiger partial charge in [0.2, 0.25) is 15.9 Å². The summed E-state index contributed by atoms with van der Waals surface area (Å²) in [5, 5.41) is 3.52. The quantitative estimate of drug-likeness (QED) is 0.689. The van der Waals surface area contributed by atoms with Gasteiger partial charge in [-0.25, -0.2) is 8.42 Å². The Balaban J connectivity index is 1.67. The fourth-order valence-corrected chi connectivity index (χ4v) is 6.49. The molecule has 168 valence electrons. The molecule has 1 heterocycles. The first-order valence-electron chi connectivity index (χ1n) is 10.1. The number of hydrogen-bond donors (Lipinski definition) is 1. The molecule has 1 amide bonds. The van der Waals surface area contributed by atoms with Crippen LogP contribution < -0.4 is 5.32 Å². The second kappa shape index (κ2) is 9.88. The third-order valence-corrected chi connectivity index (χ3v) is 8.18. The van der Waals surface area contributed by atoms with Crippen LogP contribution in [0.5, 0.6) is 0 Å². The Morgan fingerprint density at radius 3 is 2.32 bits per heavy atom. The molecule has 0 bridgehead atoms. The zero-order valence-corrected chi connectivity index (χ0v) is 20.2. The maximum absolute atomic E-state index is 13.2. The second-order valence-electron chi connectivity index (χ2n) is 7.88. The first kappa shape index (κ1) is 24.0. The van der Waals surface area contributed by atoms with E-state index in [-0.39, 0.29) is 28.9 Å². The maximum atomic E-state index is 13.2. The van der Waals surface area contributed by atoms with Crippen molar-refractivity contribution in [3.63, 3.8) is 0 Å².